The number of cyclic esters (lactones) is 1. The van der Waals surface area contributed by atoms with E-state index in [2.05, 4.69) is 30.2 Å². The van der Waals surface area contributed by atoms with Crippen molar-refractivity contribution in [1.29, 1.82) is 0 Å². The van der Waals surface area contributed by atoms with E-state index in [1.807, 2.05) is 12.1 Å². The van der Waals surface area contributed by atoms with Crippen LogP contribution >= 0.6 is 0 Å². The number of hydrogen-bond acceptors (Lipinski definition) is 12. The van der Waals surface area contributed by atoms with Gasteiger partial charge in [0, 0.05) is 80.5 Å². The highest BCUT2D eigenvalue weighted by Crippen LogP contribution is 2.40. The van der Waals surface area contributed by atoms with Gasteiger partial charge in [-0.3, -0.25) is 14.5 Å². The maximum absolute atomic E-state index is 13.6. The fourth-order valence-corrected chi connectivity index (χ4v) is 9.45. The monoisotopic (exact) mass is 762 g/mol. The molecule has 3 aromatic heterocycles. The Morgan fingerprint density at radius 2 is 1.71 bits per heavy atom. The molecular weight excluding hydrogens is 713 g/mol. The molecule has 1 aliphatic carbocycles. The van der Waals surface area contributed by atoms with Gasteiger partial charge in [0.1, 0.15) is 12.4 Å². The zero-order valence-corrected chi connectivity index (χ0v) is 32.0. The zero-order chi connectivity index (χ0) is 38.6. The van der Waals surface area contributed by atoms with Gasteiger partial charge in [0.2, 0.25) is 0 Å². The molecule has 0 radical (unpaired) electrons. The van der Waals surface area contributed by atoms with E-state index in [9.17, 15) is 24.6 Å². The summed E-state index contributed by atoms with van der Waals surface area (Å²) in [6, 6.07) is 11.2. The molecule has 3 fully saturated rings. The number of aromatic nitrogens is 4. The largest absolute Gasteiger partial charge is 0.508 e. The summed E-state index contributed by atoms with van der Waals surface area (Å²) >= 11 is 0. The maximum atomic E-state index is 13.6. The van der Waals surface area contributed by atoms with Gasteiger partial charge >= 0.3 is 5.97 Å². The fourth-order valence-electron chi connectivity index (χ4n) is 9.45. The van der Waals surface area contributed by atoms with Crippen LogP contribution in [0, 0.1) is 5.92 Å². The van der Waals surface area contributed by atoms with Crippen molar-refractivity contribution in [2.75, 3.05) is 50.7 Å². The second-order valence-electron chi connectivity index (χ2n) is 16.3. The highest BCUT2D eigenvalue weighted by atomic mass is 16.6. The third kappa shape index (κ3) is 6.71. The quantitative estimate of drug-likeness (QED) is 0.197. The number of piperazine rings is 1. The maximum Gasteiger partial charge on any atom is 0.343 e. The van der Waals surface area contributed by atoms with Crippen molar-refractivity contribution < 1.29 is 24.5 Å². The van der Waals surface area contributed by atoms with Gasteiger partial charge in [0.15, 0.2) is 17.1 Å². The molecule has 4 aromatic rings. The van der Waals surface area contributed by atoms with Crippen molar-refractivity contribution in [3.8, 4) is 17.1 Å². The molecule has 7 heterocycles. The van der Waals surface area contributed by atoms with Crippen LogP contribution in [0.5, 0.6) is 5.75 Å². The predicted molar refractivity (Wildman–Crippen MR) is 209 cm³/mol. The van der Waals surface area contributed by atoms with Crippen LogP contribution in [0.3, 0.4) is 0 Å². The smallest absolute Gasteiger partial charge is 0.343 e. The van der Waals surface area contributed by atoms with E-state index < -0.39 is 11.6 Å². The van der Waals surface area contributed by atoms with Crippen LogP contribution in [0.15, 0.2) is 41.2 Å². The minimum atomic E-state index is -1.87. The van der Waals surface area contributed by atoms with Crippen LogP contribution in [-0.4, -0.2) is 103 Å². The minimum Gasteiger partial charge on any atom is -0.508 e. The van der Waals surface area contributed by atoms with Gasteiger partial charge < -0.3 is 34.6 Å². The third-order valence-corrected chi connectivity index (χ3v) is 12.9. The number of nitrogens with one attached hydrogen (secondary N) is 1. The number of anilines is 1. The molecule has 4 aliphatic heterocycles. The Labute approximate surface area is 325 Å². The van der Waals surface area contributed by atoms with Crippen LogP contribution < -0.4 is 15.8 Å². The van der Waals surface area contributed by atoms with Gasteiger partial charge in [-0.15, -0.1) is 10.2 Å². The fraction of sp³-hybridized carbons (Fsp3) is 0.524. The van der Waals surface area contributed by atoms with Gasteiger partial charge in [-0.1, -0.05) is 26.2 Å². The molecule has 0 spiro atoms. The van der Waals surface area contributed by atoms with E-state index in [4.69, 9.17) is 9.72 Å². The lowest BCUT2D eigenvalue weighted by Gasteiger charge is -2.39. The number of esters is 1. The molecule has 1 saturated carbocycles. The van der Waals surface area contributed by atoms with Crippen molar-refractivity contribution >= 4 is 28.6 Å². The predicted octanol–water partition coefficient (Wildman–Crippen LogP) is 3.67. The lowest BCUT2D eigenvalue weighted by atomic mass is 9.86. The Bertz CT molecular complexity index is 2220. The van der Waals surface area contributed by atoms with E-state index in [0.717, 1.165) is 93.8 Å². The number of nitrogens with zero attached hydrogens (tertiary/aromatic N) is 7. The molecule has 2 saturated heterocycles. The van der Waals surface area contributed by atoms with Crippen molar-refractivity contribution in [3.05, 3.63) is 74.7 Å². The summed E-state index contributed by atoms with van der Waals surface area (Å²) in [5.41, 5.74) is 2.42. The first-order chi connectivity index (χ1) is 27.2. The van der Waals surface area contributed by atoms with E-state index >= 15 is 0 Å². The topological polar surface area (TPSA) is 166 Å². The summed E-state index contributed by atoms with van der Waals surface area (Å²) < 4.78 is 6.85. The van der Waals surface area contributed by atoms with Gasteiger partial charge in [-0.25, -0.2) is 9.78 Å². The number of phenolic OH excluding ortho intramolecular Hbond substituents is 1. The summed E-state index contributed by atoms with van der Waals surface area (Å²) in [5, 5.41) is 35.0. The van der Waals surface area contributed by atoms with E-state index in [1.165, 1.54) is 19.3 Å². The molecule has 0 unspecified atom stereocenters. The lowest BCUT2D eigenvalue weighted by molar-refractivity contribution is -0.172. The van der Waals surface area contributed by atoms with Crippen LogP contribution in [0.2, 0.25) is 0 Å². The number of piperidine rings is 1. The summed E-state index contributed by atoms with van der Waals surface area (Å²) in [6.45, 7) is 8.99. The molecule has 14 heteroatoms. The molecule has 14 nitrogen and oxygen atoms in total. The first-order valence-corrected chi connectivity index (χ1v) is 20.3. The summed E-state index contributed by atoms with van der Waals surface area (Å²) in [7, 11) is 0. The molecule has 9 rings (SSSR count). The number of ether oxygens (including phenoxy) is 1. The number of hydrogen-bond donors (Lipinski definition) is 3. The molecule has 1 aromatic carbocycles. The van der Waals surface area contributed by atoms with Crippen LogP contribution in [-0.2, 0) is 34.8 Å². The number of carbonyl (C=O) groups is 2. The Morgan fingerprint density at radius 1 is 0.946 bits per heavy atom. The number of phenols is 1. The number of aliphatic hydroxyl groups is 1. The average Bonchev–Trinajstić information content (AvgIpc) is 3.59. The zero-order valence-electron chi connectivity index (χ0n) is 32.0. The molecule has 0 bridgehead atoms. The van der Waals surface area contributed by atoms with Crippen molar-refractivity contribution in [1.82, 2.24) is 34.9 Å². The Kier molecular flexibility index (Phi) is 9.74. The van der Waals surface area contributed by atoms with Gasteiger partial charge in [0.05, 0.1) is 29.0 Å². The van der Waals surface area contributed by atoms with Gasteiger partial charge in [-0.2, -0.15) is 0 Å². The first kappa shape index (κ1) is 36.7. The van der Waals surface area contributed by atoms with Crippen LogP contribution in [0.25, 0.3) is 22.3 Å². The molecular formula is C42H50N8O6. The number of pyridine rings is 2. The summed E-state index contributed by atoms with van der Waals surface area (Å²) in [5.74, 6) is 0.791. The highest BCUT2D eigenvalue weighted by molar-refractivity contribution is 5.92. The standard InChI is InChI=1S/C42H50N8O6/c1-2-42(55)32-21-35-38-27(23-50(35)40(53)31(32)25-56-41(42)54)20-29-30(36(51)10-8-33(29)44-38)24-48-18-16-47(17-19-48)22-26-12-14-49(15-13-26)37-11-9-34(45-46-37)39(52)43-28-6-4-3-5-7-28/h8-11,20-21,26,28,51,55H,2-7,12-19,22-25H2,1H3,(H,43,52)/t42-/m0/s1. The lowest BCUT2D eigenvalue weighted by Crippen LogP contribution is -2.48. The number of benzene rings is 1. The molecule has 3 N–H and O–H groups in total. The Hall–Kier alpha value is -4.92. The number of aromatic hydroxyl groups is 1. The minimum absolute atomic E-state index is 0.0889. The Morgan fingerprint density at radius 3 is 2.45 bits per heavy atom. The number of rotatable bonds is 8. The average molecular weight is 763 g/mol. The van der Waals surface area contributed by atoms with E-state index in [1.54, 1.807) is 35.8 Å². The molecule has 56 heavy (non-hydrogen) atoms. The SMILES string of the molecule is CC[C@@]1(O)C(=O)OCc2c1cc1n(c2=O)Cc2cc3c(CN4CCN(CC5CCN(c6ccc(C(=O)NC7CCCCC7)nn6)CC5)CC4)c(O)ccc3nc2-1. The van der Waals surface area contributed by atoms with Gasteiger partial charge in [0.25, 0.3) is 11.5 Å². The van der Waals surface area contributed by atoms with E-state index in [-0.39, 0.29) is 36.3 Å². The van der Waals surface area contributed by atoms with E-state index in [0.29, 0.717) is 52.7 Å². The van der Waals surface area contributed by atoms with Crippen LogP contribution in [0.4, 0.5) is 5.82 Å². The second-order valence-corrected chi connectivity index (χ2v) is 16.3. The van der Waals surface area contributed by atoms with Gasteiger partial charge in [-0.05, 0) is 74.4 Å². The second kappa shape index (κ2) is 14.9. The summed E-state index contributed by atoms with van der Waals surface area (Å²) in [4.78, 5) is 51.1. The highest BCUT2D eigenvalue weighted by Gasteiger charge is 2.45. The van der Waals surface area contributed by atoms with Crippen molar-refractivity contribution in [3.63, 3.8) is 0 Å². The number of fused-ring (bicyclic) bond motifs is 5. The Balaban J connectivity index is 0.805. The molecule has 5 aliphatic rings. The molecule has 294 valence electrons. The number of amides is 1. The van der Waals surface area contributed by atoms with Crippen molar-refractivity contribution in [2.45, 2.75) is 89.6 Å². The summed E-state index contributed by atoms with van der Waals surface area (Å²) in [6.07, 6.45) is 7.91. The van der Waals surface area contributed by atoms with Crippen LogP contribution in [0.1, 0.15) is 91.0 Å². The third-order valence-electron chi connectivity index (χ3n) is 12.9. The molecule has 1 amide bonds. The molecule has 1 atom stereocenters. The number of carbonyl (C=O) groups excluding carboxylic acids is 2. The first-order valence-electron chi connectivity index (χ1n) is 20.3. The van der Waals surface area contributed by atoms with Crippen molar-refractivity contribution in [2.24, 2.45) is 5.92 Å². The normalized spacial score (nSPS) is 22.1.